The molecule has 3 atom stereocenters. The number of methoxy groups -OCH3 is 1. The van der Waals surface area contributed by atoms with E-state index in [2.05, 4.69) is 4.90 Å². The summed E-state index contributed by atoms with van der Waals surface area (Å²) in [6.07, 6.45) is 5.50. The van der Waals surface area contributed by atoms with Crippen molar-refractivity contribution in [2.45, 2.75) is 57.8 Å². The lowest BCUT2D eigenvalue weighted by molar-refractivity contribution is -0.137. The van der Waals surface area contributed by atoms with Gasteiger partial charge in [-0.25, -0.2) is 9.18 Å². The van der Waals surface area contributed by atoms with Crippen LogP contribution in [0.3, 0.4) is 0 Å². The first-order valence-corrected chi connectivity index (χ1v) is 13.2. The number of nitrogens with zero attached hydrogens (tertiary/aromatic N) is 1. The first-order valence-electron chi connectivity index (χ1n) is 12.9. The molecule has 2 aromatic carbocycles. The van der Waals surface area contributed by atoms with Crippen molar-refractivity contribution in [2.24, 2.45) is 0 Å². The van der Waals surface area contributed by atoms with E-state index in [4.69, 9.17) is 25.8 Å². The summed E-state index contributed by atoms with van der Waals surface area (Å²) in [5, 5.41) is 11.0. The number of rotatable bonds is 13. The van der Waals surface area contributed by atoms with E-state index in [1.54, 1.807) is 26.2 Å². The van der Waals surface area contributed by atoms with E-state index in [9.17, 15) is 14.3 Å². The summed E-state index contributed by atoms with van der Waals surface area (Å²) < 4.78 is 30.6. The van der Waals surface area contributed by atoms with Crippen molar-refractivity contribution in [3.05, 3.63) is 70.0 Å². The average molecular weight is 534 g/mol. The van der Waals surface area contributed by atoms with E-state index < -0.39 is 17.9 Å². The van der Waals surface area contributed by atoms with E-state index in [-0.39, 0.29) is 23.8 Å². The van der Waals surface area contributed by atoms with Gasteiger partial charge in [0.1, 0.15) is 11.6 Å². The molecule has 1 aliphatic rings. The SMILES string of the molecule is CCOC(=O)/C=C/c1c(OC)cccc1[C@@H](CC)OC[C@H](O)CN1CCC[C@H]1Cc1ccc(Cl)c(F)c1. The molecule has 0 aromatic heterocycles. The van der Waals surface area contributed by atoms with Crippen LogP contribution in [0, 0.1) is 5.82 Å². The predicted octanol–water partition coefficient (Wildman–Crippen LogP) is 5.60. The van der Waals surface area contributed by atoms with Crippen molar-refractivity contribution in [3.8, 4) is 5.75 Å². The maximum atomic E-state index is 13.9. The molecule has 2 aromatic rings. The minimum atomic E-state index is -0.680. The van der Waals surface area contributed by atoms with Crippen molar-refractivity contribution in [1.29, 1.82) is 0 Å². The van der Waals surface area contributed by atoms with E-state index in [1.165, 1.54) is 12.1 Å². The second-order valence-electron chi connectivity index (χ2n) is 9.18. The molecule has 0 saturated carbocycles. The highest BCUT2D eigenvalue weighted by Gasteiger charge is 2.27. The van der Waals surface area contributed by atoms with Crippen LogP contribution in [0.2, 0.25) is 5.02 Å². The molecule has 1 fully saturated rings. The highest BCUT2D eigenvalue weighted by molar-refractivity contribution is 6.30. The smallest absolute Gasteiger partial charge is 0.330 e. The molecule has 0 amide bonds. The largest absolute Gasteiger partial charge is 0.496 e. The van der Waals surface area contributed by atoms with E-state index in [0.29, 0.717) is 31.7 Å². The Morgan fingerprint density at radius 1 is 1.30 bits per heavy atom. The van der Waals surface area contributed by atoms with Gasteiger partial charge in [-0.05, 0) is 74.6 Å². The molecule has 6 nitrogen and oxygen atoms in total. The second-order valence-corrected chi connectivity index (χ2v) is 9.58. The van der Waals surface area contributed by atoms with Crippen LogP contribution in [-0.4, -0.2) is 61.5 Å². The van der Waals surface area contributed by atoms with Gasteiger partial charge in [0.05, 0.1) is 37.6 Å². The highest BCUT2D eigenvalue weighted by atomic mass is 35.5. The monoisotopic (exact) mass is 533 g/mol. The van der Waals surface area contributed by atoms with Crippen LogP contribution in [0.4, 0.5) is 4.39 Å². The number of carbonyl (C=O) groups is 1. The number of halogens is 2. The third-order valence-corrected chi connectivity index (χ3v) is 6.91. The van der Waals surface area contributed by atoms with Crippen LogP contribution in [0.15, 0.2) is 42.5 Å². The predicted molar refractivity (Wildman–Crippen MR) is 143 cm³/mol. The Morgan fingerprint density at radius 2 is 2.11 bits per heavy atom. The molecule has 1 heterocycles. The molecule has 1 saturated heterocycles. The van der Waals surface area contributed by atoms with Crippen molar-refractivity contribution in [3.63, 3.8) is 0 Å². The van der Waals surface area contributed by atoms with Gasteiger partial charge in [-0.1, -0.05) is 36.7 Å². The molecular weight excluding hydrogens is 497 g/mol. The lowest BCUT2D eigenvalue weighted by Crippen LogP contribution is -2.39. The van der Waals surface area contributed by atoms with Crippen LogP contribution >= 0.6 is 11.6 Å². The van der Waals surface area contributed by atoms with Crippen LogP contribution in [0.25, 0.3) is 6.08 Å². The van der Waals surface area contributed by atoms with E-state index >= 15 is 0 Å². The van der Waals surface area contributed by atoms with Gasteiger partial charge in [0, 0.05) is 24.2 Å². The van der Waals surface area contributed by atoms with Gasteiger partial charge >= 0.3 is 5.97 Å². The van der Waals surface area contributed by atoms with Gasteiger partial charge in [0.15, 0.2) is 0 Å². The lowest BCUT2D eigenvalue weighted by Gasteiger charge is -2.28. The second kappa shape index (κ2) is 14.5. The zero-order valence-electron chi connectivity index (χ0n) is 21.8. The number of aliphatic hydroxyl groups excluding tert-OH is 1. The number of benzene rings is 2. The molecule has 0 radical (unpaired) electrons. The van der Waals surface area contributed by atoms with Gasteiger partial charge in [0.25, 0.3) is 0 Å². The number of carbonyl (C=O) groups excluding carboxylic acids is 1. The maximum absolute atomic E-state index is 13.9. The third-order valence-electron chi connectivity index (χ3n) is 6.60. The standard InChI is InChI=1S/C29H37ClFNO5/c1-4-27(23-9-6-10-28(35-3)24(23)12-14-29(34)36-5-2)37-19-22(33)18-32-15-7-8-21(32)16-20-11-13-25(30)26(31)17-20/h6,9-14,17,21-22,27,33H,4-5,7-8,15-16,18-19H2,1-3H3/b14-12+/t21-,22+,27+/m0/s1. The fraction of sp³-hybridized carbons (Fsp3) is 0.483. The van der Waals surface area contributed by atoms with Crippen LogP contribution in [-0.2, 0) is 20.7 Å². The molecular formula is C29H37ClFNO5. The Kier molecular flexibility index (Phi) is 11.4. The topological polar surface area (TPSA) is 68.2 Å². The number of likely N-dealkylation sites (tertiary alicyclic amines) is 1. The van der Waals surface area contributed by atoms with E-state index in [0.717, 1.165) is 36.1 Å². The number of ether oxygens (including phenoxy) is 3. The van der Waals surface area contributed by atoms with Crippen molar-refractivity contribution in [1.82, 2.24) is 4.90 Å². The summed E-state index contributed by atoms with van der Waals surface area (Å²) in [6, 6.07) is 10.8. The zero-order valence-corrected chi connectivity index (χ0v) is 22.5. The van der Waals surface area contributed by atoms with Crippen LogP contribution in [0.5, 0.6) is 5.75 Å². The van der Waals surface area contributed by atoms with Gasteiger partial charge in [0.2, 0.25) is 0 Å². The molecule has 0 bridgehead atoms. The molecule has 0 unspecified atom stereocenters. The zero-order chi connectivity index (χ0) is 26.8. The Morgan fingerprint density at radius 3 is 2.81 bits per heavy atom. The summed E-state index contributed by atoms with van der Waals surface area (Å²) in [7, 11) is 1.58. The Bertz CT molecular complexity index is 1060. The molecule has 0 aliphatic carbocycles. The molecule has 37 heavy (non-hydrogen) atoms. The average Bonchev–Trinajstić information content (AvgIpc) is 3.31. The molecule has 0 spiro atoms. The number of β-amino-alcohol motifs (C(OH)–C–C–N with tert-alkyl or cyclic N) is 1. The normalized spacial score (nSPS) is 17.7. The summed E-state index contributed by atoms with van der Waals surface area (Å²) in [5.74, 6) is -0.207. The molecule has 1 aliphatic heterocycles. The number of hydrogen-bond donors (Lipinski definition) is 1. The lowest BCUT2D eigenvalue weighted by atomic mass is 9.99. The fourth-order valence-corrected chi connectivity index (χ4v) is 4.94. The van der Waals surface area contributed by atoms with Crippen LogP contribution < -0.4 is 4.74 Å². The first-order chi connectivity index (χ1) is 17.9. The summed E-state index contributed by atoms with van der Waals surface area (Å²) in [4.78, 5) is 14.1. The van der Waals surface area contributed by atoms with Crippen LogP contribution in [0.1, 0.15) is 55.9 Å². The minimum absolute atomic E-state index is 0.126. The Balaban J connectivity index is 1.63. The summed E-state index contributed by atoms with van der Waals surface area (Å²) >= 11 is 5.82. The number of esters is 1. The quantitative estimate of drug-likeness (QED) is 0.267. The molecule has 3 rings (SSSR count). The van der Waals surface area contributed by atoms with E-state index in [1.807, 2.05) is 31.2 Å². The molecule has 8 heteroatoms. The Hall–Kier alpha value is -2.45. The van der Waals surface area contributed by atoms with Crippen molar-refractivity contribution >= 4 is 23.6 Å². The van der Waals surface area contributed by atoms with Gasteiger partial charge in [-0.15, -0.1) is 0 Å². The summed E-state index contributed by atoms with van der Waals surface area (Å²) in [5.41, 5.74) is 2.52. The molecule has 1 N–H and O–H groups in total. The summed E-state index contributed by atoms with van der Waals surface area (Å²) in [6.45, 7) is 5.59. The number of aliphatic hydroxyl groups is 1. The van der Waals surface area contributed by atoms with Crippen molar-refractivity contribution in [2.75, 3.05) is 33.4 Å². The first kappa shape index (κ1) is 29.1. The minimum Gasteiger partial charge on any atom is -0.496 e. The van der Waals surface area contributed by atoms with Gasteiger partial charge in [-0.3, -0.25) is 4.90 Å². The fourth-order valence-electron chi connectivity index (χ4n) is 4.82. The number of hydrogen-bond acceptors (Lipinski definition) is 6. The Labute approximate surface area is 224 Å². The third kappa shape index (κ3) is 8.27. The van der Waals surface area contributed by atoms with Gasteiger partial charge < -0.3 is 19.3 Å². The highest BCUT2D eigenvalue weighted by Crippen LogP contribution is 2.32. The maximum Gasteiger partial charge on any atom is 0.330 e. The van der Waals surface area contributed by atoms with Gasteiger partial charge in [-0.2, -0.15) is 0 Å². The molecule has 202 valence electrons. The van der Waals surface area contributed by atoms with Crippen molar-refractivity contribution < 1.29 is 28.5 Å².